The van der Waals surface area contributed by atoms with Crippen LogP contribution in [-0.4, -0.2) is 50.8 Å². The molecule has 1 heterocycles. The lowest BCUT2D eigenvalue weighted by atomic mass is 10.2. The number of halogens is 1. The Labute approximate surface area is 125 Å². The lowest BCUT2D eigenvalue weighted by Crippen LogP contribution is -2.38. The molecular formula is C14H21ClN2O3. The fraction of sp³-hybridized carbons (Fsp3) is 0.500. The molecular weight excluding hydrogens is 280 g/mol. The van der Waals surface area contributed by atoms with Gasteiger partial charge in [0.15, 0.2) is 0 Å². The van der Waals surface area contributed by atoms with Gasteiger partial charge in [-0.15, -0.1) is 12.4 Å². The van der Waals surface area contributed by atoms with Crippen LogP contribution in [0.2, 0.25) is 0 Å². The molecule has 1 aliphatic rings. The molecule has 0 radical (unpaired) electrons. The van der Waals surface area contributed by atoms with Gasteiger partial charge in [-0.05, 0) is 12.1 Å². The van der Waals surface area contributed by atoms with Gasteiger partial charge in [0.05, 0.1) is 26.0 Å². The molecule has 0 saturated carbocycles. The number of hydrogen-bond acceptors (Lipinski definition) is 4. The van der Waals surface area contributed by atoms with Crippen LogP contribution >= 0.6 is 12.4 Å². The number of nitrogens with one attached hydrogen (secondary N) is 1. The summed E-state index contributed by atoms with van der Waals surface area (Å²) in [4.78, 5) is 14.1. The summed E-state index contributed by atoms with van der Waals surface area (Å²) in [6, 6.07) is 7.42. The number of ether oxygens (including phenoxy) is 2. The molecule has 0 atom stereocenters. The number of amides is 1. The molecule has 1 amide bonds. The van der Waals surface area contributed by atoms with Gasteiger partial charge >= 0.3 is 0 Å². The van der Waals surface area contributed by atoms with Crippen molar-refractivity contribution >= 4 is 24.0 Å². The van der Waals surface area contributed by atoms with Crippen molar-refractivity contribution in [3.05, 3.63) is 24.3 Å². The molecule has 1 aliphatic heterocycles. The van der Waals surface area contributed by atoms with Crippen LogP contribution in [0.4, 0.5) is 5.69 Å². The standard InChI is InChI=1S/C14H20N2O3.ClH/c1-18-13-5-3-2-4-12(13)15-14(17)6-7-16-8-10-19-11-9-16;/h2-5H,6-11H2,1H3,(H,15,17);1H. The number of morpholine rings is 1. The number of methoxy groups -OCH3 is 1. The highest BCUT2D eigenvalue weighted by Gasteiger charge is 2.12. The van der Waals surface area contributed by atoms with Crippen molar-refractivity contribution in [2.75, 3.05) is 45.3 Å². The fourth-order valence-electron chi connectivity index (χ4n) is 2.05. The van der Waals surface area contributed by atoms with E-state index < -0.39 is 0 Å². The highest BCUT2D eigenvalue weighted by molar-refractivity contribution is 5.92. The molecule has 6 heteroatoms. The van der Waals surface area contributed by atoms with Crippen molar-refractivity contribution in [3.8, 4) is 5.75 Å². The van der Waals surface area contributed by atoms with E-state index in [0.717, 1.165) is 38.5 Å². The Kier molecular flexibility index (Phi) is 7.36. The van der Waals surface area contributed by atoms with Crippen LogP contribution in [0.15, 0.2) is 24.3 Å². The normalized spacial score (nSPS) is 15.2. The third-order valence-corrected chi connectivity index (χ3v) is 3.14. The molecule has 0 aliphatic carbocycles. The summed E-state index contributed by atoms with van der Waals surface area (Å²) >= 11 is 0. The Morgan fingerprint density at radius 1 is 1.35 bits per heavy atom. The van der Waals surface area contributed by atoms with Crippen molar-refractivity contribution in [1.82, 2.24) is 4.90 Å². The van der Waals surface area contributed by atoms with Crippen LogP contribution in [0.3, 0.4) is 0 Å². The zero-order valence-electron chi connectivity index (χ0n) is 11.6. The number of carbonyl (C=O) groups excluding carboxylic acids is 1. The number of rotatable bonds is 5. The molecule has 0 unspecified atom stereocenters. The van der Waals surface area contributed by atoms with Gasteiger partial charge in [-0.25, -0.2) is 0 Å². The minimum absolute atomic E-state index is 0. The third-order valence-electron chi connectivity index (χ3n) is 3.14. The summed E-state index contributed by atoms with van der Waals surface area (Å²) in [5.74, 6) is 0.693. The predicted octanol–water partition coefficient (Wildman–Crippen LogP) is 1.78. The van der Waals surface area contributed by atoms with Crippen molar-refractivity contribution < 1.29 is 14.3 Å². The lowest BCUT2D eigenvalue weighted by molar-refractivity contribution is -0.116. The number of carbonyl (C=O) groups is 1. The van der Waals surface area contributed by atoms with Crippen LogP contribution in [0.25, 0.3) is 0 Å². The summed E-state index contributed by atoms with van der Waals surface area (Å²) < 4.78 is 10.5. The maximum atomic E-state index is 11.9. The minimum atomic E-state index is 0. The van der Waals surface area contributed by atoms with E-state index in [4.69, 9.17) is 9.47 Å². The first-order valence-corrected chi connectivity index (χ1v) is 6.52. The number of nitrogens with zero attached hydrogens (tertiary/aromatic N) is 1. The Morgan fingerprint density at radius 2 is 2.05 bits per heavy atom. The van der Waals surface area contributed by atoms with Gasteiger partial charge in [0, 0.05) is 26.1 Å². The van der Waals surface area contributed by atoms with E-state index in [9.17, 15) is 4.79 Å². The molecule has 2 rings (SSSR count). The topological polar surface area (TPSA) is 50.8 Å². The van der Waals surface area contributed by atoms with E-state index in [-0.39, 0.29) is 18.3 Å². The molecule has 112 valence electrons. The van der Waals surface area contributed by atoms with E-state index in [1.807, 2.05) is 24.3 Å². The molecule has 20 heavy (non-hydrogen) atoms. The molecule has 1 aromatic rings. The van der Waals surface area contributed by atoms with Gasteiger partial charge < -0.3 is 14.8 Å². The van der Waals surface area contributed by atoms with E-state index in [0.29, 0.717) is 12.2 Å². The fourth-order valence-corrected chi connectivity index (χ4v) is 2.05. The number of benzene rings is 1. The zero-order chi connectivity index (χ0) is 13.5. The number of anilines is 1. The van der Waals surface area contributed by atoms with Gasteiger partial charge in [0.25, 0.3) is 0 Å². The molecule has 1 fully saturated rings. The number of hydrogen-bond donors (Lipinski definition) is 1. The summed E-state index contributed by atoms with van der Waals surface area (Å²) in [7, 11) is 1.60. The van der Waals surface area contributed by atoms with Gasteiger partial charge in [-0.3, -0.25) is 9.69 Å². The summed E-state index contributed by atoms with van der Waals surface area (Å²) in [5, 5.41) is 2.88. The Bertz CT molecular complexity index is 423. The second-order valence-electron chi connectivity index (χ2n) is 4.45. The minimum Gasteiger partial charge on any atom is -0.495 e. The van der Waals surface area contributed by atoms with Crippen molar-refractivity contribution in [2.45, 2.75) is 6.42 Å². The lowest BCUT2D eigenvalue weighted by Gasteiger charge is -2.26. The average Bonchev–Trinajstić information content (AvgIpc) is 2.47. The second-order valence-corrected chi connectivity index (χ2v) is 4.45. The van der Waals surface area contributed by atoms with Crippen LogP contribution in [0, 0.1) is 0 Å². The van der Waals surface area contributed by atoms with Crippen LogP contribution in [-0.2, 0) is 9.53 Å². The van der Waals surface area contributed by atoms with Crippen LogP contribution < -0.4 is 10.1 Å². The zero-order valence-corrected chi connectivity index (χ0v) is 12.4. The van der Waals surface area contributed by atoms with Crippen molar-refractivity contribution in [3.63, 3.8) is 0 Å². The third kappa shape index (κ3) is 5.00. The van der Waals surface area contributed by atoms with E-state index >= 15 is 0 Å². The maximum Gasteiger partial charge on any atom is 0.225 e. The van der Waals surface area contributed by atoms with Crippen molar-refractivity contribution in [2.24, 2.45) is 0 Å². The molecule has 1 aromatic carbocycles. The first kappa shape index (κ1) is 16.8. The first-order chi connectivity index (χ1) is 9.29. The molecule has 0 aromatic heterocycles. The van der Waals surface area contributed by atoms with Gasteiger partial charge in [0.1, 0.15) is 5.75 Å². The van der Waals surface area contributed by atoms with Crippen LogP contribution in [0.5, 0.6) is 5.75 Å². The first-order valence-electron chi connectivity index (χ1n) is 6.52. The van der Waals surface area contributed by atoms with E-state index in [1.54, 1.807) is 7.11 Å². The summed E-state index contributed by atoms with van der Waals surface area (Å²) in [6.07, 6.45) is 0.484. The van der Waals surface area contributed by atoms with E-state index in [1.165, 1.54) is 0 Å². The van der Waals surface area contributed by atoms with Gasteiger partial charge in [0.2, 0.25) is 5.91 Å². The Hall–Kier alpha value is -1.30. The SMILES string of the molecule is COc1ccccc1NC(=O)CCN1CCOCC1.Cl. The largest absolute Gasteiger partial charge is 0.495 e. The molecule has 0 spiro atoms. The average molecular weight is 301 g/mol. The molecule has 0 bridgehead atoms. The number of para-hydroxylation sites is 2. The maximum absolute atomic E-state index is 11.9. The van der Waals surface area contributed by atoms with Crippen LogP contribution in [0.1, 0.15) is 6.42 Å². The molecule has 1 saturated heterocycles. The highest BCUT2D eigenvalue weighted by atomic mass is 35.5. The van der Waals surface area contributed by atoms with Crippen molar-refractivity contribution in [1.29, 1.82) is 0 Å². The summed E-state index contributed by atoms with van der Waals surface area (Å²) in [5.41, 5.74) is 0.719. The molecule has 5 nitrogen and oxygen atoms in total. The monoisotopic (exact) mass is 300 g/mol. The smallest absolute Gasteiger partial charge is 0.225 e. The second kappa shape index (κ2) is 8.79. The van der Waals surface area contributed by atoms with Gasteiger partial charge in [-0.2, -0.15) is 0 Å². The Balaban J connectivity index is 0.00000200. The van der Waals surface area contributed by atoms with Gasteiger partial charge in [-0.1, -0.05) is 12.1 Å². The predicted molar refractivity (Wildman–Crippen MR) is 80.7 cm³/mol. The molecule has 1 N–H and O–H groups in total. The summed E-state index contributed by atoms with van der Waals surface area (Å²) in [6.45, 7) is 4.09. The highest BCUT2D eigenvalue weighted by Crippen LogP contribution is 2.23. The van der Waals surface area contributed by atoms with E-state index in [2.05, 4.69) is 10.2 Å². The quantitative estimate of drug-likeness (QED) is 0.900. The Morgan fingerprint density at radius 3 is 2.75 bits per heavy atom.